The molecule has 180 valence electrons. The lowest BCUT2D eigenvalue weighted by Gasteiger charge is -2.32. The van der Waals surface area contributed by atoms with E-state index in [1.165, 1.54) is 5.56 Å². The Morgan fingerprint density at radius 2 is 1.63 bits per heavy atom. The Balaban J connectivity index is 0.000000192. The molecule has 1 saturated heterocycles. The van der Waals surface area contributed by atoms with Crippen LogP contribution in [0.4, 0.5) is 5.95 Å². The van der Waals surface area contributed by atoms with Crippen molar-refractivity contribution in [1.82, 2.24) is 39.7 Å². The third-order valence-corrected chi connectivity index (χ3v) is 6.91. The molecule has 35 heavy (non-hydrogen) atoms. The van der Waals surface area contributed by atoms with Gasteiger partial charge in [-0.15, -0.1) is 0 Å². The first-order valence-corrected chi connectivity index (χ1v) is 12.4. The smallest absolute Gasteiger partial charge is 0.224 e. The van der Waals surface area contributed by atoms with E-state index in [-0.39, 0.29) is 5.28 Å². The Hall–Kier alpha value is -3.05. The Kier molecular flexibility index (Phi) is 6.96. The standard InChI is InChI=1S/C18H22N6.C6H3BrClN3/c1-23-6-8-24(9-7-23)12-13-2-4-14(5-3-13)15-10-20-17-16(15)11-21-18(19)22-17;7-4-2-9-5-3(4)1-10-6(8)11-5/h2-5,10-11H,6-9,12H2,1H3,(H3,19,20,21,22);1-2H,(H,9,10,11). The van der Waals surface area contributed by atoms with Crippen molar-refractivity contribution in [2.75, 3.05) is 39.0 Å². The number of halogens is 2. The summed E-state index contributed by atoms with van der Waals surface area (Å²) in [6, 6.07) is 8.77. The van der Waals surface area contributed by atoms with Crippen molar-refractivity contribution in [3.8, 4) is 11.1 Å². The molecule has 1 aromatic carbocycles. The molecule has 6 rings (SSSR count). The minimum Gasteiger partial charge on any atom is -0.368 e. The number of nitrogens with two attached hydrogens (primary N) is 1. The van der Waals surface area contributed by atoms with Crippen molar-refractivity contribution in [2.45, 2.75) is 6.54 Å². The molecule has 0 radical (unpaired) electrons. The van der Waals surface area contributed by atoms with E-state index in [0.717, 1.165) is 70.4 Å². The molecule has 0 saturated carbocycles. The van der Waals surface area contributed by atoms with Crippen molar-refractivity contribution < 1.29 is 0 Å². The molecule has 4 aromatic heterocycles. The lowest BCUT2D eigenvalue weighted by atomic mass is 10.0. The summed E-state index contributed by atoms with van der Waals surface area (Å²) in [4.78, 5) is 27.1. The highest BCUT2D eigenvalue weighted by Gasteiger charge is 2.14. The van der Waals surface area contributed by atoms with Gasteiger partial charge in [0.2, 0.25) is 11.2 Å². The summed E-state index contributed by atoms with van der Waals surface area (Å²) in [7, 11) is 2.19. The van der Waals surface area contributed by atoms with Crippen LogP contribution >= 0.6 is 27.5 Å². The van der Waals surface area contributed by atoms with Crippen LogP contribution in [0.25, 0.3) is 33.2 Å². The Morgan fingerprint density at radius 3 is 2.40 bits per heavy atom. The maximum atomic E-state index is 5.64. The van der Waals surface area contributed by atoms with Crippen LogP contribution in [-0.2, 0) is 6.54 Å². The van der Waals surface area contributed by atoms with Crippen molar-refractivity contribution >= 4 is 55.5 Å². The molecular weight excluding hydrogens is 530 g/mol. The molecule has 0 unspecified atom stereocenters. The molecule has 9 nitrogen and oxygen atoms in total. The minimum atomic E-state index is 0.256. The molecule has 5 aromatic rings. The third kappa shape index (κ3) is 5.46. The average molecular weight is 555 g/mol. The summed E-state index contributed by atoms with van der Waals surface area (Å²) in [5.41, 5.74) is 10.8. The molecule has 0 aliphatic carbocycles. The molecule has 5 heterocycles. The van der Waals surface area contributed by atoms with E-state index < -0.39 is 0 Å². The quantitative estimate of drug-likeness (QED) is 0.284. The number of fused-ring (bicyclic) bond motifs is 2. The van der Waals surface area contributed by atoms with Crippen LogP contribution in [0.2, 0.25) is 5.28 Å². The van der Waals surface area contributed by atoms with Gasteiger partial charge in [0.25, 0.3) is 0 Å². The minimum absolute atomic E-state index is 0.256. The van der Waals surface area contributed by atoms with Gasteiger partial charge in [0, 0.05) is 72.9 Å². The van der Waals surface area contributed by atoms with E-state index in [0.29, 0.717) is 5.95 Å². The zero-order valence-corrected chi connectivity index (χ0v) is 21.5. The molecule has 1 aliphatic heterocycles. The Morgan fingerprint density at radius 1 is 0.943 bits per heavy atom. The van der Waals surface area contributed by atoms with E-state index in [2.05, 4.69) is 86.9 Å². The van der Waals surface area contributed by atoms with Crippen LogP contribution in [0.5, 0.6) is 0 Å². The second kappa shape index (κ2) is 10.3. The number of hydrogen-bond donors (Lipinski definition) is 3. The monoisotopic (exact) mass is 553 g/mol. The number of nitrogens with zero attached hydrogens (tertiary/aromatic N) is 6. The number of nitrogens with one attached hydrogen (secondary N) is 2. The number of anilines is 1. The van der Waals surface area contributed by atoms with Gasteiger partial charge in [0.1, 0.15) is 11.3 Å². The number of piperazine rings is 1. The van der Waals surface area contributed by atoms with Gasteiger partial charge >= 0.3 is 0 Å². The fourth-order valence-corrected chi connectivity index (χ4v) is 4.61. The lowest BCUT2D eigenvalue weighted by Crippen LogP contribution is -2.43. The lowest BCUT2D eigenvalue weighted by molar-refractivity contribution is 0.148. The topological polar surface area (TPSA) is 116 Å². The second-order valence-corrected chi connectivity index (χ2v) is 9.70. The van der Waals surface area contributed by atoms with Gasteiger partial charge in [-0.1, -0.05) is 24.3 Å². The second-order valence-electron chi connectivity index (χ2n) is 8.51. The van der Waals surface area contributed by atoms with Gasteiger partial charge in [0.15, 0.2) is 0 Å². The van der Waals surface area contributed by atoms with Crippen molar-refractivity contribution in [3.05, 3.63) is 64.4 Å². The summed E-state index contributed by atoms with van der Waals surface area (Å²) < 4.78 is 0.948. The van der Waals surface area contributed by atoms with E-state index in [9.17, 15) is 0 Å². The van der Waals surface area contributed by atoms with Gasteiger partial charge in [-0.05, 0) is 45.7 Å². The molecule has 11 heteroatoms. The number of likely N-dealkylation sites (N-methyl/N-ethyl adjacent to an activating group) is 1. The maximum absolute atomic E-state index is 5.64. The van der Waals surface area contributed by atoms with Crippen LogP contribution in [0, 0.1) is 0 Å². The van der Waals surface area contributed by atoms with Crippen molar-refractivity contribution in [1.29, 1.82) is 0 Å². The highest BCUT2D eigenvalue weighted by Crippen LogP contribution is 2.28. The molecule has 0 amide bonds. The predicted molar refractivity (Wildman–Crippen MR) is 143 cm³/mol. The molecule has 1 fully saturated rings. The average Bonchev–Trinajstić information content (AvgIpc) is 3.44. The number of benzene rings is 1. The van der Waals surface area contributed by atoms with Gasteiger partial charge in [-0.25, -0.2) is 9.97 Å². The fourth-order valence-electron chi connectivity index (χ4n) is 4.07. The van der Waals surface area contributed by atoms with Crippen LogP contribution in [0.3, 0.4) is 0 Å². The van der Waals surface area contributed by atoms with E-state index in [1.54, 1.807) is 18.6 Å². The van der Waals surface area contributed by atoms with E-state index >= 15 is 0 Å². The van der Waals surface area contributed by atoms with Gasteiger partial charge in [-0.2, -0.15) is 9.97 Å². The normalized spacial score (nSPS) is 14.8. The van der Waals surface area contributed by atoms with Crippen LogP contribution < -0.4 is 5.73 Å². The van der Waals surface area contributed by atoms with E-state index in [1.807, 2.05) is 6.20 Å². The third-order valence-electron chi connectivity index (χ3n) is 6.07. The fraction of sp³-hybridized carbons (Fsp3) is 0.250. The molecular formula is C24H25BrClN9. The van der Waals surface area contributed by atoms with Crippen LogP contribution in [-0.4, -0.2) is 72.9 Å². The van der Waals surface area contributed by atoms with Crippen LogP contribution in [0.15, 0.2) is 53.5 Å². The number of hydrogen-bond acceptors (Lipinski definition) is 7. The zero-order chi connectivity index (χ0) is 24.4. The molecule has 1 aliphatic rings. The first-order chi connectivity index (χ1) is 17.0. The Bertz CT molecular complexity index is 1440. The summed E-state index contributed by atoms with van der Waals surface area (Å²) in [6.07, 6.45) is 7.22. The first kappa shape index (κ1) is 23.7. The predicted octanol–water partition coefficient (Wildman–Crippen LogP) is 4.33. The maximum Gasteiger partial charge on any atom is 0.224 e. The molecule has 0 bridgehead atoms. The van der Waals surface area contributed by atoms with Gasteiger partial charge in [-0.3, -0.25) is 4.90 Å². The number of aromatic amines is 2. The highest BCUT2D eigenvalue weighted by molar-refractivity contribution is 9.10. The number of H-pyrrole nitrogens is 2. The van der Waals surface area contributed by atoms with Gasteiger partial charge < -0.3 is 20.6 Å². The SMILES string of the molecule is CN1CCN(Cc2ccc(-c3c[nH]c4nc(N)ncc34)cc2)CC1.Clc1ncc2c(Br)c[nH]c2n1. The van der Waals surface area contributed by atoms with Crippen LogP contribution in [0.1, 0.15) is 5.56 Å². The largest absolute Gasteiger partial charge is 0.368 e. The summed E-state index contributed by atoms with van der Waals surface area (Å²) in [5, 5.41) is 2.19. The summed E-state index contributed by atoms with van der Waals surface area (Å²) in [5.74, 6) is 0.290. The van der Waals surface area contributed by atoms with Crippen molar-refractivity contribution in [3.63, 3.8) is 0 Å². The van der Waals surface area contributed by atoms with Crippen molar-refractivity contribution in [2.24, 2.45) is 0 Å². The van der Waals surface area contributed by atoms with Gasteiger partial charge in [0.05, 0.1) is 5.39 Å². The molecule has 0 spiro atoms. The number of rotatable bonds is 3. The summed E-state index contributed by atoms with van der Waals surface area (Å²) >= 11 is 8.91. The molecule has 4 N–H and O–H groups in total. The Labute approximate surface area is 215 Å². The molecule has 0 atom stereocenters. The number of nitrogen functional groups attached to an aromatic ring is 1. The first-order valence-electron chi connectivity index (χ1n) is 11.2. The highest BCUT2D eigenvalue weighted by atomic mass is 79.9. The number of aromatic nitrogens is 6. The zero-order valence-electron chi connectivity index (χ0n) is 19.2. The van der Waals surface area contributed by atoms with E-state index in [4.69, 9.17) is 17.3 Å². The summed E-state index contributed by atoms with van der Waals surface area (Å²) in [6.45, 7) is 5.59.